The summed E-state index contributed by atoms with van der Waals surface area (Å²) < 4.78 is 10.2. The molecule has 0 atom stereocenters. The van der Waals surface area contributed by atoms with Gasteiger partial charge in [0.1, 0.15) is 9.88 Å². The van der Waals surface area contributed by atoms with Gasteiger partial charge in [0.05, 0.1) is 18.8 Å². The summed E-state index contributed by atoms with van der Waals surface area (Å²) in [5.41, 5.74) is 0.876. The van der Waals surface area contributed by atoms with E-state index in [0.29, 0.717) is 26.1 Å². The number of nitrogens with one attached hydrogen (secondary N) is 1. The number of ether oxygens (including phenoxy) is 2. The van der Waals surface area contributed by atoms with Crippen LogP contribution in [0.15, 0.2) is 0 Å². The summed E-state index contributed by atoms with van der Waals surface area (Å²) in [4.78, 5) is 26.7. The summed E-state index contributed by atoms with van der Waals surface area (Å²) >= 11 is 6.54. The minimum Gasteiger partial charge on any atom is -0.462 e. The van der Waals surface area contributed by atoms with E-state index in [0.717, 1.165) is 24.4 Å². The predicted octanol–water partition coefficient (Wildman–Crippen LogP) is 3.45. The lowest BCUT2D eigenvalue weighted by Crippen LogP contribution is -2.34. The second-order valence-electron chi connectivity index (χ2n) is 4.80. The van der Waals surface area contributed by atoms with Crippen LogP contribution in [0.1, 0.15) is 53.3 Å². The first-order valence-corrected chi connectivity index (χ1v) is 9.17. The summed E-state index contributed by atoms with van der Waals surface area (Å²) in [5.74, 6) is -0.931. The molecule has 6 nitrogen and oxygen atoms in total. The highest BCUT2D eigenvalue weighted by atomic mass is 32.1. The molecule has 0 aliphatic rings. The van der Waals surface area contributed by atoms with Gasteiger partial charge < -0.3 is 19.7 Å². The van der Waals surface area contributed by atoms with E-state index in [2.05, 4.69) is 5.32 Å². The van der Waals surface area contributed by atoms with Crippen LogP contribution in [0.5, 0.6) is 0 Å². The number of rotatable bonds is 7. The summed E-state index contributed by atoms with van der Waals surface area (Å²) in [7, 11) is 0. The van der Waals surface area contributed by atoms with E-state index in [4.69, 9.17) is 21.7 Å². The number of anilines is 1. The van der Waals surface area contributed by atoms with Gasteiger partial charge in [-0.25, -0.2) is 9.59 Å². The molecule has 1 heterocycles. The van der Waals surface area contributed by atoms with Gasteiger partial charge in [0.2, 0.25) is 0 Å². The van der Waals surface area contributed by atoms with Gasteiger partial charge in [0.15, 0.2) is 5.11 Å². The van der Waals surface area contributed by atoms with E-state index in [9.17, 15) is 9.59 Å². The number of thiocarbonyl (C=S) groups is 1. The van der Waals surface area contributed by atoms with Crippen LogP contribution in [-0.4, -0.2) is 48.3 Å². The van der Waals surface area contributed by atoms with Crippen LogP contribution >= 0.6 is 23.6 Å². The molecule has 0 saturated carbocycles. The van der Waals surface area contributed by atoms with Gasteiger partial charge in [0, 0.05) is 13.1 Å². The van der Waals surface area contributed by atoms with Crippen LogP contribution in [-0.2, 0) is 9.47 Å². The molecular weight excluding hydrogens is 348 g/mol. The number of nitrogens with zero attached hydrogens (tertiary/aromatic N) is 1. The van der Waals surface area contributed by atoms with E-state index in [1.54, 1.807) is 20.8 Å². The molecule has 24 heavy (non-hydrogen) atoms. The maximum absolute atomic E-state index is 12.3. The van der Waals surface area contributed by atoms with Crippen molar-refractivity contribution in [1.82, 2.24) is 4.90 Å². The van der Waals surface area contributed by atoms with Crippen molar-refractivity contribution in [2.45, 2.75) is 34.6 Å². The van der Waals surface area contributed by atoms with Crippen molar-refractivity contribution in [2.24, 2.45) is 0 Å². The molecule has 1 aromatic rings. The molecule has 0 unspecified atom stereocenters. The Bertz CT molecular complexity index is 609. The highest BCUT2D eigenvalue weighted by Crippen LogP contribution is 2.34. The second-order valence-corrected chi connectivity index (χ2v) is 6.21. The smallest absolute Gasteiger partial charge is 0.348 e. The van der Waals surface area contributed by atoms with Gasteiger partial charge in [-0.15, -0.1) is 11.3 Å². The molecule has 0 aliphatic carbocycles. The first-order chi connectivity index (χ1) is 11.4. The molecule has 0 amide bonds. The number of thiophene rings is 1. The van der Waals surface area contributed by atoms with Crippen molar-refractivity contribution in [3.8, 4) is 0 Å². The third-order valence-corrected chi connectivity index (χ3v) is 4.91. The van der Waals surface area contributed by atoms with E-state index >= 15 is 0 Å². The number of hydrogen-bond acceptors (Lipinski definition) is 6. The molecule has 134 valence electrons. The average Bonchev–Trinajstić information content (AvgIpc) is 2.85. The maximum atomic E-state index is 12.3. The summed E-state index contributed by atoms with van der Waals surface area (Å²) in [6.45, 7) is 11.2. The van der Waals surface area contributed by atoms with Crippen molar-refractivity contribution in [3.63, 3.8) is 0 Å². The lowest BCUT2D eigenvalue weighted by atomic mass is 10.1. The Hall–Kier alpha value is -1.67. The number of carbonyl (C=O) groups is 2. The first kappa shape index (κ1) is 20.4. The van der Waals surface area contributed by atoms with Crippen LogP contribution in [0.25, 0.3) is 0 Å². The Kier molecular flexibility index (Phi) is 8.14. The lowest BCUT2D eigenvalue weighted by Gasteiger charge is -2.22. The van der Waals surface area contributed by atoms with Crippen molar-refractivity contribution < 1.29 is 19.1 Å². The monoisotopic (exact) mass is 372 g/mol. The molecule has 0 fully saturated rings. The predicted molar refractivity (Wildman–Crippen MR) is 100 cm³/mol. The first-order valence-electron chi connectivity index (χ1n) is 7.94. The molecule has 8 heteroatoms. The number of esters is 2. The zero-order valence-electron chi connectivity index (χ0n) is 14.7. The lowest BCUT2D eigenvalue weighted by molar-refractivity contribution is 0.0527. The third kappa shape index (κ3) is 4.67. The Morgan fingerprint density at radius 1 is 1.08 bits per heavy atom. The molecule has 0 bridgehead atoms. The highest BCUT2D eigenvalue weighted by Gasteiger charge is 2.27. The van der Waals surface area contributed by atoms with Crippen molar-refractivity contribution in [2.75, 3.05) is 31.6 Å². The van der Waals surface area contributed by atoms with Crippen molar-refractivity contribution >= 4 is 45.6 Å². The third-order valence-electron chi connectivity index (χ3n) is 3.36. The Morgan fingerprint density at radius 2 is 1.62 bits per heavy atom. The molecule has 1 rings (SSSR count). The minimum absolute atomic E-state index is 0.253. The number of hydrogen-bond donors (Lipinski definition) is 1. The van der Waals surface area contributed by atoms with Gasteiger partial charge in [0.25, 0.3) is 0 Å². The van der Waals surface area contributed by atoms with E-state index in [-0.39, 0.29) is 13.2 Å². The van der Waals surface area contributed by atoms with Crippen molar-refractivity contribution in [1.29, 1.82) is 0 Å². The van der Waals surface area contributed by atoms with Crippen molar-refractivity contribution in [3.05, 3.63) is 16.0 Å². The standard InChI is InChI=1S/C16H24N2O4S2/c1-6-18(7-2)16(23)17-13-11(14(19)21-8-3)10(5)12(24-13)15(20)22-9-4/h6-9H2,1-5H3,(H,17,23). The van der Waals surface area contributed by atoms with Crippen LogP contribution in [0.4, 0.5) is 5.00 Å². The molecule has 0 saturated heterocycles. The Labute approximate surface area is 152 Å². The van der Waals surface area contributed by atoms with Gasteiger partial charge in [-0.3, -0.25) is 0 Å². The zero-order chi connectivity index (χ0) is 18.3. The fourth-order valence-corrected chi connectivity index (χ4v) is 3.64. The molecule has 1 aromatic heterocycles. The SMILES string of the molecule is CCOC(=O)c1sc(NC(=S)N(CC)CC)c(C(=O)OCC)c1C. The topological polar surface area (TPSA) is 67.9 Å². The molecule has 0 aromatic carbocycles. The highest BCUT2D eigenvalue weighted by molar-refractivity contribution is 7.80. The fourth-order valence-electron chi connectivity index (χ4n) is 2.13. The summed E-state index contributed by atoms with van der Waals surface area (Å²) in [5, 5.41) is 4.08. The van der Waals surface area contributed by atoms with Crippen LogP contribution < -0.4 is 5.32 Å². The maximum Gasteiger partial charge on any atom is 0.348 e. The molecule has 0 spiro atoms. The Morgan fingerprint density at radius 3 is 2.12 bits per heavy atom. The van der Waals surface area contributed by atoms with Gasteiger partial charge in [-0.2, -0.15) is 0 Å². The van der Waals surface area contributed by atoms with Crippen LogP contribution in [0.3, 0.4) is 0 Å². The van der Waals surface area contributed by atoms with Gasteiger partial charge >= 0.3 is 11.9 Å². The normalized spacial score (nSPS) is 10.2. The van der Waals surface area contributed by atoms with E-state index < -0.39 is 11.9 Å². The van der Waals surface area contributed by atoms with Crippen LogP contribution in [0, 0.1) is 6.92 Å². The molecule has 1 N–H and O–H groups in total. The van der Waals surface area contributed by atoms with Gasteiger partial charge in [-0.1, -0.05) is 0 Å². The zero-order valence-corrected chi connectivity index (χ0v) is 16.4. The summed E-state index contributed by atoms with van der Waals surface area (Å²) in [6, 6.07) is 0. The van der Waals surface area contributed by atoms with E-state index in [1.807, 2.05) is 18.7 Å². The van der Waals surface area contributed by atoms with Gasteiger partial charge in [-0.05, 0) is 52.4 Å². The summed E-state index contributed by atoms with van der Waals surface area (Å²) in [6.07, 6.45) is 0. The molecule has 0 radical (unpaired) electrons. The average molecular weight is 373 g/mol. The quantitative estimate of drug-likeness (QED) is 0.581. The minimum atomic E-state index is -0.480. The largest absolute Gasteiger partial charge is 0.462 e. The Balaban J connectivity index is 3.25. The van der Waals surface area contributed by atoms with E-state index in [1.165, 1.54) is 0 Å². The molecule has 0 aliphatic heterocycles. The second kappa shape index (κ2) is 9.58. The fraction of sp³-hybridized carbons (Fsp3) is 0.562. The molecular formula is C16H24N2O4S2. The van der Waals surface area contributed by atoms with Crippen LogP contribution in [0.2, 0.25) is 0 Å². The number of carbonyl (C=O) groups excluding carboxylic acids is 2.